The Balaban J connectivity index is 1.80. The molecule has 0 radical (unpaired) electrons. The maximum absolute atomic E-state index is 12.1. The zero-order valence-corrected chi connectivity index (χ0v) is 12.5. The Kier molecular flexibility index (Phi) is 5.77. The highest BCUT2D eigenvalue weighted by Crippen LogP contribution is 2.07. The van der Waals surface area contributed by atoms with Gasteiger partial charge in [-0.2, -0.15) is 0 Å². The summed E-state index contributed by atoms with van der Waals surface area (Å²) in [6, 6.07) is 13.0. The number of benzene rings is 1. The Hall–Kier alpha value is -2.56. The fourth-order valence-electron chi connectivity index (χ4n) is 1.99. The monoisotopic (exact) mass is 301 g/mol. The first-order chi connectivity index (χ1) is 10.7. The standard InChI is InChI=1S/C17H19NO4/c1-2-14(22-17(20)15-9-6-12-21-15)16(19)18-11-10-13-7-4-3-5-8-13/h3-9,12,14H,2,10-11H2,1H3,(H,18,19). The van der Waals surface area contributed by atoms with Crippen molar-refractivity contribution in [2.75, 3.05) is 6.54 Å². The minimum absolute atomic E-state index is 0.0931. The zero-order valence-electron chi connectivity index (χ0n) is 12.5. The lowest BCUT2D eigenvalue weighted by Gasteiger charge is -2.15. The summed E-state index contributed by atoms with van der Waals surface area (Å²) in [6.45, 7) is 2.29. The summed E-state index contributed by atoms with van der Waals surface area (Å²) in [5.41, 5.74) is 1.14. The van der Waals surface area contributed by atoms with Crippen LogP contribution in [0.1, 0.15) is 29.5 Å². The summed E-state index contributed by atoms with van der Waals surface area (Å²) in [6.07, 6.45) is 1.71. The van der Waals surface area contributed by atoms with Crippen LogP contribution in [0.4, 0.5) is 0 Å². The predicted octanol–water partition coefficient (Wildman–Crippen LogP) is 2.57. The van der Waals surface area contributed by atoms with Crippen molar-refractivity contribution in [3.63, 3.8) is 0 Å². The molecule has 5 heteroatoms. The van der Waals surface area contributed by atoms with E-state index >= 15 is 0 Å². The topological polar surface area (TPSA) is 68.5 Å². The molecule has 116 valence electrons. The molecule has 0 saturated heterocycles. The highest BCUT2D eigenvalue weighted by molar-refractivity contribution is 5.90. The van der Waals surface area contributed by atoms with Gasteiger partial charge in [-0.05, 0) is 30.5 Å². The van der Waals surface area contributed by atoms with Gasteiger partial charge < -0.3 is 14.5 Å². The van der Waals surface area contributed by atoms with Gasteiger partial charge >= 0.3 is 5.97 Å². The lowest BCUT2D eigenvalue weighted by atomic mass is 10.1. The van der Waals surface area contributed by atoms with Crippen LogP contribution < -0.4 is 5.32 Å². The summed E-state index contributed by atoms with van der Waals surface area (Å²) in [5.74, 6) is -0.830. The first kappa shape index (κ1) is 15.8. The Labute approximate surface area is 129 Å². The van der Waals surface area contributed by atoms with E-state index < -0.39 is 12.1 Å². The molecule has 0 bridgehead atoms. The van der Waals surface area contributed by atoms with Crippen molar-refractivity contribution < 1.29 is 18.7 Å². The van der Waals surface area contributed by atoms with Crippen LogP contribution in [0.2, 0.25) is 0 Å². The van der Waals surface area contributed by atoms with E-state index in [4.69, 9.17) is 9.15 Å². The van der Waals surface area contributed by atoms with Crippen LogP contribution in [0.3, 0.4) is 0 Å². The third-order valence-electron chi connectivity index (χ3n) is 3.19. The van der Waals surface area contributed by atoms with E-state index in [9.17, 15) is 9.59 Å². The van der Waals surface area contributed by atoms with Crippen LogP contribution in [0, 0.1) is 0 Å². The molecule has 1 heterocycles. The Morgan fingerprint density at radius 2 is 1.95 bits per heavy atom. The molecule has 0 saturated carbocycles. The molecule has 1 unspecified atom stereocenters. The van der Waals surface area contributed by atoms with Crippen molar-refractivity contribution in [3.05, 3.63) is 60.1 Å². The fourth-order valence-corrected chi connectivity index (χ4v) is 1.99. The van der Waals surface area contributed by atoms with E-state index in [0.717, 1.165) is 12.0 Å². The molecule has 2 aromatic rings. The van der Waals surface area contributed by atoms with Crippen molar-refractivity contribution in [3.8, 4) is 0 Å². The van der Waals surface area contributed by atoms with Crippen LogP contribution >= 0.6 is 0 Å². The number of ether oxygens (including phenoxy) is 1. The largest absolute Gasteiger partial charge is 0.457 e. The van der Waals surface area contributed by atoms with Crippen LogP contribution in [0.15, 0.2) is 53.1 Å². The molecule has 2 rings (SSSR count). The van der Waals surface area contributed by atoms with Gasteiger partial charge in [0.2, 0.25) is 5.76 Å². The van der Waals surface area contributed by atoms with Gasteiger partial charge in [0.15, 0.2) is 6.10 Å². The van der Waals surface area contributed by atoms with Crippen molar-refractivity contribution in [2.45, 2.75) is 25.9 Å². The number of esters is 1. The van der Waals surface area contributed by atoms with E-state index in [1.165, 1.54) is 12.3 Å². The number of amides is 1. The molecule has 0 spiro atoms. The quantitative estimate of drug-likeness (QED) is 0.798. The third kappa shape index (κ3) is 4.48. The second kappa shape index (κ2) is 8.02. The SMILES string of the molecule is CCC(OC(=O)c1ccco1)C(=O)NCCc1ccccc1. The van der Waals surface area contributed by atoms with Crippen LogP contribution in [0.5, 0.6) is 0 Å². The maximum Gasteiger partial charge on any atom is 0.374 e. The maximum atomic E-state index is 12.1. The molecular formula is C17H19NO4. The second-order valence-corrected chi connectivity index (χ2v) is 4.81. The minimum atomic E-state index is -0.812. The van der Waals surface area contributed by atoms with Gasteiger partial charge in [0.25, 0.3) is 5.91 Å². The lowest BCUT2D eigenvalue weighted by Crippen LogP contribution is -2.38. The molecule has 5 nitrogen and oxygen atoms in total. The summed E-state index contributed by atoms with van der Waals surface area (Å²) in [7, 11) is 0. The molecule has 0 fully saturated rings. The Bertz CT molecular complexity index is 592. The highest BCUT2D eigenvalue weighted by Gasteiger charge is 2.22. The summed E-state index contributed by atoms with van der Waals surface area (Å²) < 4.78 is 10.1. The highest BCUT2D eigenvalue weighted by atomic mass is 16.6. The van der Waals surface area contributed by atoms with Gasteiger partial charge in [-0.15, -0.1) is 0 Å². The second-order valence-electron chi connectivity index (χ2n) is 4.81. The van der Waals surface area contributed by atoms with E-state index in [0.29, 0.717) is 13.0 Å². The number of nitrogens with one attached hydrogen (secondary N) is 1. The molecule has 1 N–H and O–H groups in total. The molecule has 0 aliphatic carbocycles. The number of carbonyl (C=O) groups excluding carboxylic acids is 2. The van der Waals surface area contributed by atoms with Crippen molar-refractivity contribution >= 4 is 11.9 Å². The average molecular weight is 301 g/mol. The summed E-state index contributed by atoms with van der Waals surface area (Å²) in [4.78, 5) is 23.8. The fraction of sp³-hybridized carbons (Fsp3) is 0.294. The zero-order chi connectivity index (χ0) is 15.8. The Morgan fingerprint density at radius 3 is 2.59 bits per heavy atom. The molecule has 1 amide bonds. The van der Waals surface area contributed by atoms with E-state index in [2.05, 4.69) is 5.32 Å². The lowest BCUT2D eigenvalue weighted by molar-refractivity contribution is -0.130. The number of rotatable bonds is 7. The van der Waals surface area contributed by atoms with Gasteiger partial charge in [0.05, 0.1) is 6.26 Å². The minimum Gasteiger partial charge on any atom is -0.457 e. The molecule has 1 aromatic carbocycles. The molecular weight excluding hydrogens is 282 g/mol. The predicted molar refractivity (Wildman–Crippen MR) is 81.4 cm³/mol. The molecule has 0 aliphatic heterocycles. The first-order valence-electron chi connectivity index (χ1n) is 7.27. The number of carbonyl (C=O) groups is 2. The van der Waals surface area contributed by atoms with E-state index in [-0.39, 0.29) is 11.7 Å². The van der Waals surface area contributed by atoms with E-state index in [1.807, 2.05) is 30.3 Å². The van der Waals surface area contributed by atoms with Gasteiger partial charge in [-0.3, -0.25) is 4.79 Å². The number of hydrogen-bond donors (Lipinski definition) is 1. The van der Waals surface area contributed by atoms with Gasteiger partial charge in [-0.25, -0.2) is 4.79 Å². The average Bonchev–Trinajstić information content (AvgIpc) is 3.08. The van der Waals surface area contributed by atoms with Gasteiger partial charge in [0.1, 0.15) is 0 Å². The number of furan rings is 1. The van der Waals surface area contributed by atoms with Crippen molar-refractivity contribution in [1.82, 2.24) is 5.32 Å². The smallest absolute Gasteiger partial charge is 0.374 e. The number of hydrogen-bond acceptors (Lipinski definition) is 4. The molecule has 1 atom stereocenters. The van der Waals surface area contributed by atoms with Crippen LogP contribution in [-0.2, 0) is 16.0 Å². The molecule has 1 aromatic heterocycles. The summed E-state index contributed by atoms with van der Waals surface area (Å²) >= 11 is 0. The molecule has 22 heavy (non-hydrogen) atoms. The first-order valence-corrected chi connectivity index (χ1v) is 7.27. The van der Waals surface area contributed by atoms with Crippen LogP contribution in [0.25, 0.3) is 0 Å². The third-order valence-corrected chi connectivity index (χ3v) is 3.19. The normalized spacial score (nSPS) is 11.7. The van der Waals surface area contributed by atoms with Crippen molar-refractivity contribution in [2.24, 2.45) is 0 Å². The molecule has 0 aliphatic rings. The van der Waals surface area contributed by atoms with E-state index in [1.54, 1.807) is 13.0 Å². The van der Waals surface area contributed by atoms with Crippen LogP contribution in [-0.4, -0.2) is 24.5 Å². The summed E-state index contributed by atoms with van der Waals surface area (Å²) in [5, 5.41) is 2.79. The van der Waals surface area contributed by atoms with Gasteiger partial charge in [0, 0.05) is 6.54 Å². The van der Waals surface area contributed by atoms with Gasteiger partial charge in [-0.1, -0.05) is 37.3 Å². The van der Waals surface area contributed by atoms with Crippen molar-refractivity contribution in [1.29, 1.82) is 0 Å². The Morgan fingerprint density at radius 1 is 1.18 bits per heavy atom.